The molecule has 0 bridgehead atoms. The zero-order valence-electron chi connectivity index (χ0n) is 11.4. The number of carbonyl (C=O) groups excluding carboxylic acids is 1. The molecule has 20 heavy (non-hydrogen) atoms. The highest BCUT2D eigenvalue weighted by atomic mass is 16.5. The number of methoxy groups -OCH3 is 1. The molecule has 1 N–H and O–H groups in total. The van der Waals surface area contributed by atoms with Gasteiger partial charge in [-0.15, -0.1) is 5.10 Å². The van der Waals surface area contributed by atoms with Gasteiger partial charge >= 0.3 is 0 Å². The Hall–Kier alpha value is -2.57. The number of rotatable bonds is 6. The lowest BCUT2D eigenvalue weighted by Gasteiger charge is -2.04. The zero-order chi connectivity index (χ0) is 14.4. The molecule has 1 aromatic heterocycles. The van der Waals surface area contributed by atoms with Crippen molar-refractivity contribution in [2.75, 3.05) is 14.2 Å². The Bertz CT molecular complexity index is 565. The lowest BCUT2D eigenvalue weighted by Crippen LogP contribution is -2.23. The van der Waals surface area contributed by atoms with Gasteiger partial charge < -0.3 is 14.8 Å². The summed E-state index contributed by atoms with van der Waals surface area (Å²) < 4.78 is 12.1. The highest BCUT2D eigenvalue weighted by Gasteiger charge is 2.05. The van der Waals surface area contributed by atoms with Crippen molar-refractivity contribution in [1.29, 1.82) is 0 Å². The standard InChI is InChI=1S/C13H16N4O3/c1-14-13(18)8-17-7-10(15-16-17)9-20-12-5-3-11(19-2)4-6-12/h3-7H,8-9H2,1-2H3,(H,14,18). The van der Waals surface area contributed by atoms with Crippen LogP contribution in [0.1, 0.15) is 5.69 Å². The smallest absolute Gasteiger partial charge is 0.241 e. The van der Waals surface area contributed by atoms with E-state index in [1.165, 1.54) is 4.68 Å². The molecule has 2 rings (SSSR count). The number of hydrogen-bond donors (Lipinski definition) is 1. The number of amides is 1. The fourth-order valence-electron chi connectivity index (χ4n) is 1.54. The van der Waals surface area contributed by atoms with E-state index in [2.05, 4.69) is 15.6 Å². The molecule has 0 unspecified atom stereocenters. The van der Waals surface area contributed by atoms with Crippen LogP contribution in [0.15, 0.2) is 30.5 Å². The Morgan fingerprint density at radius 2 is 2.00 bits per heavy atom. The minimum atomic E-state index is -0.127. The number of ether oxygens (including phenoxy) is 2. The van der Waals surface area contributed by atoms with Gasteiger partial charge in [0.1, 0.15) is 30.3 Å². The summed E-state index contributed by atoms with van der Waals surface area (Å²) in [6.45, 7) is 0.437. The van der Waals surface area contributed by atoms with E-state index in [1.807, 2.05) is 24.3 Å². The van der Waals surface area contributed by atoms with E-state index >= 15 is 0 Å². The van der Waals surface area contributed by atoms with Crippen LogP contribution in [0.2, 0.25) is 0 Å². The maximum Gasteiger partial charge on any atom is 0.241 e. The molecule has 0 aliphatic carbocycles. The van der Waals surface area contributed by atoms with Gasteiger partial charge in [0, 0.05) is 7.05 Å². The number of aromatic nitrogens is 3. The van der Waals surface area contributed by atoms with Crippen LogP contribution in [0.5, 0.6) is 11.5 Å². The molecule has 2 aromatic rings. The molecule has 7 nitrogen and oxygen atoms in total. The average Bonchev–Trinajstić information content (AvgIpc) is 2.93. The van der Waals surface area contributed by atoms with Crippen LogP contribution >= 0.6 is 0 Å². The number of carbonyl (C=O) groups is 1. The molecule has 0 atom stereocenters. The summed E-state index contributed by atoms with van der Waals surface area (Å²) in [7, 11) is 3.19. The number of benzene rings is 1. The first kappa shape index (κ1) is 13.9. The molecule has 0 aliphatic rings. The van der Waals surface area contributed by atoms with Crippen molar-refractivity contribution in [3.63, 3.8) is 0 Å². The minimum Gasteiger partial charge on any atom is -0.497 e. The molecule has 0 saturated carbocycles. The Balaban J connectivity index is 1.88. The average molecular weight is 276 g/mol. The van der Waals surface area contributed by atoms with E-state index in [9.17, 15) is 4.79 Å². The maximum absolute atomic E-state index is 11.2. The largest absolute Gasteiger partial charge is 0.497 e. The SMILES string of the molecule is CNC(=O)Cn1cc(COc2ccc(OC)cc2)nn1. The lowest BCUT2D eigenvalue weighted by molar-refractivity contribution is -0.121. The fourth-order valence-corrected chi connectivity index (χ4v) is 1.54. The second kappa shape index (κ2) is 6.55. The summed E-state index contributed by atoms with van der Waals surface area (Å²) in [5, 5.41) is 10.3. The summed E-state index contributed by atoms with van der Waals surface area (Å²) in [4.78, 5) is 11.2. The van der Waals surface area contributed by atoms with Crippen molar-refractivity contribution in [2.45, 2.75) is 13.2 Å². The molecule has 0 fully saturated rings. The quantitative estimate of drug-likeness (QED) is 0.836. The van der Waals surface area contributed by atoms with Crippen molar-refractivity contribution < 1.29 is 14.3 Å². The Morgan fingerprint density at radius 1 is 1.30 bits per heavy atom. The molecule has 1 amide bonds. The van der Waals surface area contributed by atoms with Gasteiger partial charge in [0.15, 0.2) is 0 Å². The topological polar surface area (TPSA) is 78.3 Å². The summed E-state index contributed by atoms with van der Waals surface area (Å²) in [6, 6.07) is 7.26. The van der Waals surface area contributed by atoms with E-state index in [4.69, 9.17) is 9.47 Å². The van der Waals surface area contributed by atoms with E-state index in [0.29, 0.717) is 18.1 Å². The normalized spacial score (nSPS) is 10.1. The second-order valence-electron chi connectivity index (χ2n) is 4.04. The first-order valence-corrected chi connectivity index (χ1v) is 6.07. The van der Waals surface area contributed by atoms with Gasteiger partial charge in [-0.05, 0) is 24.3 Å². The lowest BCUT2D eigenvalue weighted by atomic mass is 10.3. The van der Waals surface area contributed by atoms with Crippen LogP contribution in [0, 0.1) is 0 Å². The third kappa shape index (κ3) is 3.71. The highest BCUT2D eigenvalue weighted by Crippen LogP contribution is 2.17. The number of nitrogens with one attached hydrogen (secondary N) is 1. The molecular weight excluding hydrogens is 260 g/mol. The molecule has 1 aromatic carbocycles. The Labute approximate surface area is 116 Å². The Morgan fingerprint density at radius 3 is 2.65 bits per heavy atom. The van der Waals surface area contributed by atoms with Crippen LogP contribution in [-0.2, 0) is 17.9 Å². The molecule has 1 heterocycles. The summed E-state index contributed by atoms with van der Waals surface area (Å²) in [5.74, 6) is 1.36. The first-order valence-electron chi connectivity index (χ1n) is 6.07. The van der Waals surface area contributed by atoms with Gasteiger partial charge in [-0.3, -0.25) is 4.79 Å². The van der Waals surface area contributed by atoms with Gasteiger partial charge in [-0.1, -0.05) is 5.21 Å². The third-order valence-corrected chi connectivity index (χ3v) is 2.62. The van der Waals surface area contributed by atoms with Gasteiger partial charge in [-0.25, -0.2) is 4.68 Å². The van der Waals surface area contributed by atoms with Gasteiger partial charge in [0.25, 0.3) is 0 Å². The Kier molecular flexibility index (Phi) is 4.54. The minimum absolute atomic E-state index is 0.127. The van der Waals surface area contributed by atoms with Crippen molar-refractivity contribution in [2.24, 2.45) is 0 Å². The van der Waals surface area contributed by atoms with Crippen LogP contribution in [0.3, 0.4) is 0 Å². The van der Waals surface area contributed by atoms with Crippen molar-refractivity contribution in [3.05, 3.63) is 36.2 Å². The molecule has 7 heteroatoms. The summed E-state index contributed by atoms with van der Waals surface area (Å²) in [5.41, 5.74) is 0.657. The molecular formula is C13H16N4O3. The number of nitrogens with zero attached hydrogens (tertiary/aromatic N) is 3. The van der Waals surface area contributed by atoms with Crippen LogP contribution in [0.4, 0.5) is 0 Å². The van der Waals surface area contributed by atoms with E-state index in [1.54, 1.807) is 20.4 Å². The van der Waals surface area contributed by atoms with Gasteiger partial charge in [0.05, 0.1) is 13.3 Å². The molecule has 0 saturated heterocycles. The van der Waals surface area contributed by atoms with Gasteiger partial charge in [-0.2, -0.15) is 0 Å². The highest BCUT2D eigenvalue weighted by molar-refractivity contribution is 5.75. The predicted molar refractivity (Wildman–Crippen MR) is 71.4 cm³/mol. The second-order valence-corrected chi connectivity index (χ2v) is 4.04. The monoisotopic (exact) mass is 276 g/mol. The first-order chi connectivity index (χ1) is 9.71. The summed E-state index contributed by atoms with van der Waals surface area (Å²) in [6.07, 6.45) is 1.68. The predicted octanol–water partition coefficient (Wildman–Crippen LogP) is 0.612. The number of hydrogen-bond acceptors (Lipinski definition) is 5. The van der Waals surface area contributed by atoms with Crippen molar-refractivity contribution in [1.82, 2.24) is 20.3 Å². The van der Waals surface area contributed by atoms with Gasteiger partial charge in [0.2, 0.25) is 5.91 Å². The van der Waals surface area contributed by atoms with E-state index in [-0.39, 0.29) is 12.5 Å². The zero-order valence-corrected chi connectivity index (χ0v) is 11.4. The summed E-state index contributed by atoms with van der Waals surface area (Å²) >= 11 is 0. The van der Waals surface area contributed by atoms with E-state index < -0.39 is 0 Å². The molecule has 0 aliphatic heterocycles. The van der Waals surface area contributed by atoms with Crippen LogP contribution < -0.4 is 14.8 Å². The fraction of sp³-hybridized carbons (Fsp3) is 0.308. The molecule has 0 radical (unpaired) electrons. The number of likely N-dealkylation sites (N-methyl/N-ethyl adjacent to an activating group) is 1. The van der Waals surface area contributed by atoms with Crippen LogP contribution in [-0.4, -0.2) is 35.1 Å². The van der Waals surface area contributed by atoms with Crippen molar-refractivity contribution >= 4 is 5.91 Å². The third-order valence-electron chi connectivity index (χ3n) is 2.62. The van der Waals surface area contributed by atoms with Crippen molar-refractivity contribution in [3.8, 4) is 11.5 Å². The molecule has 0 spiro atoms. The van der Waals surface area contributed by atoms with Crippen LogP contribution in [0.25, 0.3) is 0 Å². The van der Waals surface area contributed by atoms with E-state index in [0.717, 1.165) is 5.75 Å². The maximum atomic E-state index is 11.2. The molecule has 106 valence electrons.